The van der Waals surface area contributed by atoms with Crippen LogP contribution in [0.5, 0.6) is 0 Å². The summed E-state index contributed by atoms with van der Waals surface area (Å²) in [4.78, 5) is 30.6. The van der Waals surface area contributed by atoms with Gasteiger partial charge in [-0.05, 0) is 30.0 Å². The van der Waals surface area contributed by atoms with Gasteiger partial charge in [0.05, 0.1) is 28.2 Å². The molecule has 6 heteroatoms. The molecule has 1 saturated heterocycles. The number of nitrogens with zero attached hydrogens (tertiary/aromatic N) is 2. The molecule has 1 aromatic heterocycles. The van der Waals surface area contributed by atoms with Crippen LogP contribution in [-0.2, 0) is 17.9 Å². The molecule has 0 unspecified atom stereocenters. The van der Waals surface area contributed by atoms with Crippen molar-refractivity contribution in [3.63, 3.8) is 0 Å². The highest BCUT2D eigenvalue weighted by Gasteiger charge is 2.37. The van der Waals surface area contributed by atoms with Crippen LogP contribution in [0.15, 0.2) is 41.2 Å². The second-order valence-corrected chi connectivity index (χ2v) is 9.61. The summed E-state index contributed by atoms with van der Waals surface area (Å²) in [5, 5.41) is 0. The molecular weight excluding hydrogens is 376 g/mol. The van der Waals surface area contributed by atoms with Crippen molar-refractivity contribution in [3.8, 4) is 11.1 Å². The fraction of sp³-hybridized carbons (Fsp3) is 0.500. The number of amides is 1. The molecule has 2 bridgehead atoms. The maximum absolute atomic E-state index is 13.5. The van der Waals surface area contributed by atoms with E-state index in [9.17, 15) is 9.59 Å². The summed E-state index contributed by atoms with van der Waals surface area (Å²) in [7, 11) is 8.27. The van der Waals surface area contributed by atoms with Gasteiger partial charge < -0.3 is 19.3 Å². The Morgan fingerprint density at radius 2 is 1.73 bits per heavy atom. The Bertz CT molecular complexity index is 995. The molecule has 3 heterocycles. The van der Waals surface area contributed by atoms with Gasteiger partial charge in [0.2, 0.25) is 0 Å². The Morgan fingerprint density at radius 3 is 2.47 bits per heavy atom. The fourth-order valence-corrected chi connectivity index (χ4v) is 5.09. The monoisotopic (exact) mass is 410 g/mol. The van der Waals surface area contributed by atoms with Gasteiger partial charge in [-0.25, -0.2) is 0 Å². The second kappa shape index (κ2) is 8.36. The number of likely N-dealkylation sites (tertiary alicyclic amines) is 1. The van der Waals surface area contributed by atoms with E-state index in [1.807, 2.05) is 41.8 Å². The van der Waals surface area contributed by atoms with E-state index in [1.165, 1.54) is 10.5 Å². The topological polar surface area (TPSA) is 51.2 Å². The van der Waals surface area contributed by atoms with E-state index in [0.717, 1.165) is 47.8 Å². The van der Waals surface area contributed by atoms with E-state index in [0.29, 0.717) is 19.0 Å². The summed E-state index contributed by atoms with van der Waals surface area (Å²) in [6.45, 7) is 3.60. The van der Waals surface area contributed by atoms with Crippen molar-refractivity contribution in [2.24, 2.45) is 5.92 Å². The third-order valence-electron chi connectivity index (χ3n) is 6.31. The molecule has 0 saturated carbocycles. The summed E-state index contributed by atoms with van der Waals surface area (Å²) in [5.74, 6) is 0.825. The molecule has 1 aromatic carbocycles. The summed E-state index contributed by atoms with van der Waals surface area (Å²) in [6, 6.07) is 12.4. The molecule has 0 spiro atoms. The number of aromatic nitrogens is 1. The van der Waals surface area contributed by atoms with Crippen molar-refractivity contribution in [2.45, 2.75) is 25.4 Å². The van der Waals surface area contributed by atoms with Gasteiger partial charge in [-0.3, -0.25) is 9.59 Å². The number of piperidine rings is 1. The highest BCUT2D eigenvalue weighted by molar-refractivity contribution is 5.77. The number of likely N-dealkylation sites (N-methyl/N-ethyl adjacent to an activating group) is 1. The fourth-order valence-electron chi connectivity index (χ4n) is 5.09. The maximum atomic E-state index is 13.5. The van der Waals surface area contributed by atoms with Gasteiger partial charge in [0.15, 0.2) is 6.54 Å². The van der Waals surface area contributed by atoms with Crippen LogP contribution in [0.3, 0.4) is 0 Å². The van der Waals surface area contributed by atoms with Gasteiger partial charge >= 0.3 is 0 Å². The lowest BCUT2D eigenvalue weighted by Gasteiger charge is -2.42. The highest BCUT2D eigenvalue weighted by Crippen LogP contribution is 2.36. The number of carbonyl (C=O) groups excluding carboxylic acids is 1. The zero-order chi connectivity index (χ0) is 21.4. The predicted octanol–water partition coefficient (Wildman–Crippen LogP) is -0.750. The van der Waals surface area contributed by atoms with Gasteiger partial charge in [-0.1, -0.05) is 24.3 Å². The first-order chi connectivity index (χ1) is 14.3. The Morgan fingerprint density at radius 1 is 0.967 bits per heavy atom. The summed E-state index contributed by atoms with van der Waals surface area (Å²) >= 11 is 0. The smallest absolute Gasteiger partial charge is 0.277 e. The summed E-state index contributed by atoms with van der Waals surface area (Å²) in [6.07, 6.45) is 1.07. The van der Waals surface area contributed by atoms with E-state index in [-0.39, 0.29) is 17.4 Å². The van der Waals surface area contributed by atoms with E-state index in [2.05, 4.69) is 32.3 Å². The van der Waals surface area contributed by atoms with Crippen LogP contribution in [0.25, 0.3) is 11.1 Å². The summed E-state index contributed by atoms with van der Waals surface area (Å²) < 4.78 is 1.99. The van der Waals surface area contributed by atoms with Crippen molar-refractivity contribution in [3.05, 3.63) is 58.0 Å². The average Bonchev–Trinajstić information content (AvgIpc) is 2.68. The van der Waals surface area contributed by atoms with Crippen LogP contribution >= 0.6 is 0 Å². The van der Waals surface area contributed by atoms with Crippen LogP contribution in [0.4, 0.5) is 0 Å². The van der Waals surface area contributed by atoms with Gasteiger partial charge in [0.25, 0.3) is 11.5 Å². The molecule has 1 amide bonds. The zero-order valence-corrected chi connectivity index (χ0v) is 18.6. The largest absolute Gasteiger partial charge is 0.337 e. The van der Waals surface area contributed by atoms with Gasteiger partial charge in [0, 0.05) is 42.4 Å². The standard InChI is InChI=1S/C24H32N4O2/c1-25(2)14-18-7-5-6-8-20(18)21-9-10-22-19-11-17(13-28(22)24(21)30)12-27(15-19)23(29)16-26(3)4/h5-10,17,19H,11-16H2,1-4H3/p+2/t17-,19+/m0/s1. The molecule has 30 heavy (non-hydrogen) atoms. The lowest BCUT2D eigenvalue weighted by atomic mass is 9.82. The number of carbonyl (C=O) groups is 1. The Hall–Kier alpha value is -2.44. The summed E-state index contributed by atoms with van der Waals surface area (Å²) in [5.41, 5.74) is 4.24. The van der Waals surface area contributed by atoms with Gasteiger partial charge in [-0.2, -0.15) is 0 Å². The van der Waals surface area contributed by atoms with E-state index < -0.39 is 0 Å². The lowest BCUT2D eigenvalue weighted by molar-refractivity contribution is -0.872. The molecule has 160 valence electrons. The van der Waals surface area contributed by atoms with E-state index in [1.54, 1.807) is 0 Å². The highest BCUT2D eigenvalue weighted by atomic mass is 16.2. The second-order valence-electron chi connectivity index (χ2n) is 9.61. The predicted molar refractivity (Wildman–Crippen MR) is 118 cm³/mol. The average molecular weight is 411 g/mol. The van der Waals surface area contributed by atoms with Gasteiger partial charge in [-0.15, -0.1) is 0 Å². The van der Waals surface area contributed by atoms with E-state index in [4.69, 9.17) is 0 Å². The van der Waals surface area contributed by atoms with Crippen LogP contribution in [0, 0.1) is 5.92 Å². The molecule has 6 nitrogen and oxygen atoms in total. The maximum Gasteiger partial charge on any atom is 0.277 e. The molecule has 0 radical (unpaired) electrons. The first-order valence-electron chi connectivity index (χ1n) is 11.0. The van der Waals surface area contributed by atoms with Crippen molar-refractivity contribution >= 4 is 5.91 Å². The molecule has 2 N–H and O–H groups in total. The Balaban J connectivity index is 1.67. The molecular formula is C24H34N4O2+2. The first kappa shape index (κ1) is 20.8. The number of hydrogen-bond acceptors (Lipinski definition) is 2. The third-order valence-corrected chi connectivity index (χ3v) is 6.31. The van der Waals surface area contributed by atoms with Gasteiger partial charge in [0.1, 0.15) is 6.54 Å². The number of nitrogens with one attached hydrogen (secondary N) is 2. The number of benzene rings is 1. The molecule has 1 fully saturated rings. The molecule has 0 aliphatic carbocycles. The minimum Gasteiger partial charge on any atom is -0.337 e. The van der Waals surface area contributed by atoms with Crippen LogP contribution in [0.2, 0.25) is 0 Å². The number of quaternary nitrogens is 2. The van der Waals surface area contributed by atoms with Crippen molar-refractivity contribution in [2.75, 3.05) is 47.8 Å². The molecule has 2 aliphatic rings. The van der Waals surface area contributed by atoms with E-state index >= 15 is 0 Å². The molecule has 2 aromatic rings. The number of rotatable bonds is 5. The van der Waals surface area contributed by atoms with Crippen LogP contribution in [0.1, 0.15) is 23.6 Å². The van der Waals surface area contributed by atoms with Crippen LogP contribution in [-0.4, -0.2) is 63.2 Å². The van der Waals surface area contributed by atoms with Crippen molar-refractivity contribution in [1.29, 1.82) is 0 Å². The van der Waals surface area contributed by atoms with Crippen molar-refractivity contribution < 1.29 is 14.6 Å². The SMILES string of the molecule is C[NH+](C)CC(=O)N1C[C@@H]2C[C@H](C1)c1ccc(-c3ccccc3C[NH+](C)C)c(=O)n1C2. The first-order valence-corrected chi connectivity index (χ1v) is 11.0. The quantitative estimate of drug-likeness (QED) is 0.682. The van der Waals surface area contributed by atoms with Crippen molar-refractivity contribution in [1.82, 2.24) is 9.47 Å². The number of hydrogen-bond donors (Lipinski definition) is 2. The molecule has 2 atom stereocenters. The lowest BCUT2D eigenvalue weighted by Crippen LogP contribution is -3.07. The zero-order valence-electron chi connectivity index (χ0n) is 18.6. The van der Waals surface area contributed by atoms with Crippen LogP contribution < -0.4 is 15.4 Å². The minimum absolute atomic E-state index is 0.112. The normalized spacial score (nSPS) is 20.5. The number of pyridine rings is 1. The molecule has 2 aliphatic heterocycles. The number of fused-ring (bicyclic) bond motifs is 4. The molecule has 4 rings (SSSR count). The Kier molecular flexibility index (Phi) is 5.80. The minimum atomic E-state index is 0.112. The Labute approximate surface area is 178 Å². The third kappa shape index (κ3) is 4.07.